The van der Waals surface area contributed by atoms with E-state index in [1.165, 1.54) is 23.4 Å². The second-order valence-corrected chi connectivity index (χ2v) is 8.11. The van der Waals surface area contributed by atoms with Gasteiger partial charge in [-0.1, -0.05) is 30.8 Å². The van der Waals surface area contributed by atoms with Crippen molar-refractivity contribution in [3.05, 3.63) is 66.1 Å². The molecule has 1 aliphatic rings. The number of phenolic OH excluding ortho intramolecular Hbond substituents is 1. The first-order chi connectivity index (χ1) is 12.9. The average molecular weight is 497 g/mol. The molecular weight excluding hydrogens is 481 g/mol. The molecule has 1 heterocycles. The molecule has 1 fully saturated rings. The molecule has 3 N–H and O–H groups in total. The summed E-state index contributed by atoms with van der Waals surface area (Å²) in [6.07, 6.45) is 2.54. The number of benzene rings is 2. The Morgan fingerprint density at radius 1 is 1.37 bits per heavy atom. The van der Waals surface area contributed by atoms with Crippen molar-refractivity contribution in [3.63, 3.8) is 0 Å². The number of carbonyl (C=O) groups excluding carboxylic acids is 1. The lowest BCUT2D eigenvalue weighted by atomic mass is 10.1. The summed E-state index contributed by atoms with van der Waals surface area (Å²) in [5, 5.41) is 26.9. The fourth-order valence-electron chi connectivity index (χ4n) is 2.53. The molecule has 140 valence electrons. The third kappa shape index (κ3) is 4.53. The summed E-state index contributed by atoms with van der Waals surface area (Å²) in [5.41, 5.74) is 1.88. The van der Waals surface area contributed by atoms with E-state index >= 15 is 0 Å². The van der Waals surface area contributed by atoms with Gasteiger partial charge in [-0.25, -0.2) is 0 Å². The molecular formula is C18H16IN3O4S. The Balaban J connectivity index is 1.78. The standard InChI is InChI=1S/C18H16IN3O4S/c1-2-10-3-5-12(6-4-10)20-18-21-17(24)15(27-18)9-11-7-13(19)16(23)14(8-11)22(25)26/h3-9,18,20,23H,2H2,1H3,(H,21,24)/b15-9-/t18-/m1/s1. The van der Waals surface area contributed by atoms with Crippen molar-refractivity contribution < 1.29 is 14.8 Å². The summed E-state index contributed by atoms with van der Waals surface area (Å²) in [6.45, 7) is 2.08. The molecule has 3 rings (SSSR count). The zero-order chi connectivity index (χ0) is 19.6. The van der Waals surface area contributed by atoms with E-state index in [-0.39, 0.29) is 22.8 Å². The Morgan fingerprint density at radius 2 is 2.07 bits per heavy atom. The van der Waals surface area contributed by atoms with Crippen LogP contribution in [0, 0.1) is 13.7 Å². The molecule has 0 saturated carbocycles. The number of phenols is 1. The lowest BCUT2D eigenvalue weighted by Gasteiger charge is -2.12. The van der Waals surface area contributed by atoms with Crippen molar-refractivity contribution in [2.24, 2.45) is 0 Å². The van der Waals surface area contributed by atoms with E-state index in [9.17, 15) is 20.0 Å². The molecule has 7 nitrogen and oxygen atoms in total. The van der Waals surface area contributed by atoms with E-state index in [0.717, 1.165) is 12.1 Å². The van der Waals surface area contributed by atoms with Gasteiger partial charge in [0.25, 0.3) is 5.91 Å². The summed E-state index contributed by atoms with van der Waals surface area (Å²) in [6, 6.07) is 10.8. The first kappa shape index (κ1) is 19.5. The van der Waals surface area contributed by atoms with Crippen LogP contribution in [0.25, 0.3) is 6.08 Å². The molecule has 9 heteroatoms. The van der Waals surface area contributed by atoms with Crippen molar-refractivity contribution in [2.45, 2.75) is 18.8 Å². The Bertz CT molecular complexity index is 931. The van der Waals surface area contributed by atoms with Gasteiger partial charge < -0.3 is 15.7 Å². The number of amides is 1. The van der Waals surface area contributed by atoms with Crippen LogP contribution in [-0.4, -0.2) is 21.4 Å². The molecule has 0 aromatic heterocycles. The van der Waals surface area contributed by atoms with Crippen molar-refractivity contribution >= 4 is 57.7 Å². The number of rotatable bonds is 5. The summed E-state index contributed by atoms with van der Waals surface area (Å²) in [4.78, 5) is 23.1. The molecule has 1 amide bonds. The zero-order valence-corrected chi connectivity index (χ0v) is 17.2. The van der Waals surface area contributed by atoms with Gasteiger partial charge in [-0.05, 0) is 64.4 Å². The number of nitrogens with one attached hydrogen (secondary N) is 2. The van der Waals surface area contributed by atoms with E-state index < -0.39 is 4.92 Å². The third-order valence-electron chi connectivity index (χ3n) is 3.95. The quantitative estimate of drug-likeness (QED) is 0.249. The van der Waals surface area contributed by atoms with Gasteiger partial charge in [0.1, 0.15) is 0 Å². The minimum absolute atomic E-state index is 0.256. The first-order valence-electron chi connectivity index (χ1n) is 8.09. The highest BCUT2D eigenvalue weighted by molar-refractivity contribution is 14.1. The zero-order valence-electron chi connectivity index (χ0n) is 14.2. The number of hydrogen-bond acceptors (Lipinski definition) is 6. The van der Waals surface area contributed by atoms with Crippen LogP contribution in [0.3, 0.4) is 0 Å². The fourth-order valence-corrected chi connectivity index (χ4v) is 4.15. The highest BCUT2D eigenvalue weighted by Gasteiger charge is 2.27. The normalized spacial score (nSPS) is 17.8. The van der Waals surface area contributed by atoms with E-state index in [1.54, 1.807) is 12.1 Å². The van der Waals surface area contributed by atoms with Crippen LogP contribution in [-0.2, 0) is 11.2 Å². The van der Waals surface area contributed by atoms with E-state index in [4.69, 9.17) is 0 Å². The smallest absolute Gasteiger partial charge is 0.312 e. The lowest BCUT2D eigenvalue weighted by molar-refractivity contribution is -0.386. The number of nitro groups is 1. The Labute approximate surface area is 173 Å². The largest absolute Gasteiger partial charge is 0.501 e. The van der Waals surface area contributed by atoms with E-state index in [2.05, 4.69) is 17.6 Å². The summed E-state index contributed by atoms with van der Waals surface area (Å²) in [5.74, 6) is -0.630. The van der Waals surface area contributed by atoms with Crippen molar-refractivity contribution in [2.75, 3.05) is 5.32 Å². The molecule has 0 bridgehead atoms. The predicted molar refractivity (Wildman–Crippen MR) is 114 cm³/mol. The Kier molecular flexibility index (Phi) is 5.90. The molecule has 0 spiro atoms. The molecule has 0 radical (unpaired) electrons. The minimum atomic E-state index is -0.647. The molecule has 27 heavy (non-hydrogen) atoms. The maximum Gasteiger partial charge on any atom is 0.312 e. The number of aromatic hydroxyl groups is 1. The van der Waals surface area contributed by atoms with Gasteiger partial charge in [0, 0.05) is 11.8 Å². The van der Waals surface area contributed by atoms with Crippen LogP contribution in [0.4, 0.5) is 11.4 Å². The van der Waals surface area contributed by atoms with E-state index in [1.807, 2.05) is 46.9 Å². The first-order valence-corrected chi connectivity index (χ1v) is 10.0. The molecule has 1 aliphatic heterocycles. The van der Waals surface area contributed by atoms with Gasteiger partial charge in [0.05, 0.1) is 13.4 Å². The fraction of sp³-hybridized carbons (Fsp3) is 0.167. The van der Waals surface area contributed by atoms with Crippen LogP contribution in [0.5, 0.6) is 5.75 Å². The van der Waals surface area contributed by atoms with Crippen LogP contribution in [0.15, 0.2) is 41.3 Å². The Hall–Kier alpha value is -2.27. The average Bonchev–Trinajstić information content (AvgIpc) is 2.97. The second kappa shape index (κ2) is 8.17. The maximum atomic E-state index is 12.2. The monoisotopic (exact) mass is 497 g/mol. The highest BCUT2D eigenvalue weighted by Crippen LogP contribution is 2.35. The number of anilines is 1. The van der Waals surface area contributed by atoms with Crippen LogP contribution < -0.4 is 10.6 Å². The number of nitrogens with zero attached hydrogens (tertiary/aromatic N) is 1. The second-order valence-electron chi connectivity index (χ2n) is 5.80. The van der Waals surface area contributed by atoms with Crippen LogP contribution >= 0.6 is 34.4 Å². The van der Waals surface area contributed by atoms with Crippen molar-refractivity contribution in [1.29, 1.82) is 0 Å². The summed E-state index contributed by atoms with van der Waals surface area (Å²) < 4.78 is 0.350. The van der Waals surface area contributed by atoms with Gasteiger partial charge in [0.2, 0.25) is 5.75 Å². The maximum absolute atomic E-state index is 12.2. The molecule has 0 unspecified atom stereocenters. The Morgan fingerprint density at radius 3 is 2.70 bits per heavy atom. The van der Waals surface area contributed by atoms with Crippen LogP contribution in [0.2, 0.25) is 0 Å². The number of thioether (sulfide) groups is 1. The van der Waals surface area contributed by atoms with Crippen LogP contribution in [0.1, 0.15) is 18.1 Å². The number of hydrogen-bond donors (Lipinski definition) is 3. The third-order valence-corrected chi connectivity index (χ3v) is 5.80. The van der Waals surface area contributed by atoms with Gasteiger partial charge >= 0.3 is 5.69 Å². The molecule has 1 atom stereocenters. The molecule has 2 aromatic carbocycles. The minimum Gasteiger partial charge on any atom is -0.501 e. The van der Waals surface area contributed by atoms with Gasteiger partial charge in [-0.2, -0.15) is 0 Å². The number of aryl methyl sites for hydroxylation is 1. The molecule has 1 saturated heterocycles. The number of carbonyl (C=O) groups is 1. The van der Waals surface area contributed by atoms with Gasteiger partial charge in [0.15, 0.2) is 5.50 Å². The number of nitro benzene ring substituents is 1. The highest BCUT2D eigenvalue weighted by atomic mass is 127. The summed E-state index contributed by atoms with van der Waals surface area (Å²) in [7, 11) is 0. The van der Waals surface area contributed by atoms with Gasteiger partial charge in [-0.15, -0.1) is 0 Å². The SMILES string of the molecule is CCc1ccc(N[C@@H]2NC(=O)/C(=C/c3cc(I)c(O)c([N+](=O)[O-])c3)S2)cc1. The molecule has 0 aliphatic carbocycles. The topological polar surface area (TPSA) is 104 Å². The number of halogens is 1. The van der Waals surface area contributed by atoms with E-state index in [0.29, 0.717) is 14.0 Å². The van der Waals surface area contributed by atoms with Crippen molar-refractivity contribution in [3.8, 4) is 5.75 Å². The summed E-state index contributed by atoms with van der Waals surface area (Å²) >= 11 is 3.12. The lowest BCUT2D eigenvalue weighted by Crippen LogP contribution is -2.30. The van der Waals surface area contributed by atoms with Crippen molar-refractivity contribution in [1.82, 2.24) is 5.32 Å². The van der Waals surface area contributed by atoms with Gasteiger partial charge in [-0.3, -0.25) is 14.9 Å². The molecule has 2 aromatic rings. The predicted octanol–water partition coefficient (Wildman–Crippen LogP) is 4.07.